The van der Waals surface area contributed by atoms with E-state index in [1.807, 2.05) is 6.92 Å². The van der Waals surface area contributed by atoms with E-state index >= 15 is 0 Å². The van der Waals surface area contributed by atoms with Gasteiger partial charge in [-0.05, 0) is 33.6 Å². The van der Waals surface area contributed by atoms with Gasteiger partial charge >= 0.3 is 5.97 Å². The molecule has 53 heavy (non-hydrogen) atoms. The number of likely N-dealkylation sites (N-methyl/N-ethyl adjacent to an activating group) is 1. The summed E-state index contributed by atoms with van der Waals surface area (Å²) >= 11 is 0. The number of hydrogen-bond acceptors (Lipinski definition) is 7. The molecule has 0 fully saturated rings. The predicted molar refractivity (Wildman–Crippen MR) is 226 cm³/mol. The molecule has 0 spiro atoms. The van der Waals surface area contributed by atoms with Crippen LogP contribution in [0.4, 0.5) is 0 Å². The number of rotatable bonds is 36. The van der Waals surface area contributed by atoms with Crippen LogP contribution in [0.5, 0.6) is 0 Å². The first-order chi connectivity index (χ1) is 25.7. The van der Waals surface area contributed by atoms with Crippen molar-refractivity contribution < 1.29 is 31.3 Å². The second kappa shape index (κ2) is 43.5. The summed E-state index contributed by atoms with van der Waals surface area (Å²) in [4.78, 5) is 11.2. The van der Waals surface area contributed by atoms with E-state index in [-0.39, 0.29) is 12.6 Å². The Labute approximate surface area is 330 Å². The molecule has 0 unspecified atom stereocenters. The molecule has 0 saturated carbocycles. The molecule has 9 heteroatoms. The lowest BCUT2D eigenvalue weighted by atomic mass is 10.0. The van der Waals surface area contributed by atoms with Crippen LogP contribution in [-0.2, 0) is 24.1 Å². The molecule has 0 amide bonds. The Morgan fingerprint density at radius 3 is 1.23 bits per heavy atom. The number of hydrogen-bond donors (Lipinski definition) is 1. The van der Waals surface area contributed by atoms with Crippen molar-refractivity contribution in [2.45, 2.75) is 240 Å². The van der Waals surface area contributed by atoms with Crippen molar-refractivity contribution >= 4 is 22.2 Å². The van der Waals surface area contributed by atoms with E-state index in [2.05, 4.69) is 34.8 Å². The fourth-order valence-corrected chi connectivity index (χ4v) is 7.15. The average Bonchev–Trinajstić information content (AvgIpc) is 3.59. The van der Waals surface area contributed by atoms with E-state index in [0.717, 1.165) is 13.0 Å². The molecule has 0 saturated heterocycles. The van der Waals surface area contributed by atoms with Gasteiger partial charge in [-0.2, -0.15) is 0 Å². The minimum atomic E-state index is -4.42. The lowest BCUT2D eigenvalue weighted by molar-refractivity contribution is -0.515. The smallest absolute Gasteiger partial charge is 0.305 e. The summed E-state index contributed by atoms with van der Waals surface area (Å²) in [7, 11) is -4.42. The zero-order valence-corrected chi connectivity index (χ0v) is 36.8. The third-order valence-electron chi connectivity index (χ3n) is 10.0. The van der Waals surface area contributed by atoms with Crippen molar-refractivity contribution in [2.75, 3.05) is 32.8 Å². The van der Waals surface area contributed by atoms with E-state index in [0.29, 0.717) is 13.0 Å². The van der Waals surface area contributed by atoms with Crippen LogP contribution in [0.2, 0.25) is 0 Å². The van der Waals surface area contributed by atoms with Crippen molar-refractivity contribution in [3.05, 3.63) is 0 Å². The van der Waals surface area contributed by atoms with Gasteiger partial charge in [-0.25, -0.2) is 8.42 Å². The van der Waals surface area contributed by atoms with Gasteiger partial charge in [0.15, 0.2) is 0 Å². The molecule has 8 nitrogen and oxygen atoms in total. The highest BCUT2D eigenvalue weighted by Crippen LogP contribution is 2.15. The Hall–Kier alpha value is -1.19. The molecule has 0 aromatic rings. The van der Waals surface area contributed by atoms with E-state index in [1.54, 1.807) is 0 Å². The molecule has 0 aliphatic carbocycles. The summed E-state index contributed by atoms with van der Waals surface area (Å²) in [6.07, 6.45) is 44.0. The van der Waals surface area contributed by atoms with Crippen LogP contribution in [0.15, 0.2) is 0 Å². The van der Waals surface area contributed by atoms with Crippen molar-refractivity contribution in [3.63, 3.8) is 0 Å². The first kappa shape index (κ1) is 53.9. The van der Waals surface area contributed by atoms with Crippen molar-refractivity contribution in [3.8, 4) is 0 Å². The van der Waals surface area contributed by atoms with Gasteiger partial charge in [0, 0.05) is 12.8 Å². The second-order valence-corrected chi connectivity index (χ2v) is 16.0. The number of esters is 1. The normalized spacial score (nSPS) is 12.6. The van der Waals surface area contributed by atoms with Gasteiger partial charge in [0.05, 0.1) is 19.8 Å². The van der Waals surface area contributed by atoms with Crippen LogP contribution in [0, 0.1) is 0 Å². The zero-order valence-electron chi connectivity index (χ0n) is 36.0. The van der Waals surface area contributed by atoms with Crippen molar-refractivity contribution in [2.24, 2.45) is 0 Å². The highest BCUT2D eigenvalue weighted by atomic mass is 32.3. The molecule has 0 radical (unpaired) electrons. The molecule has 0 bridgehead atoms. The van der Waals surface area contributed by atoms with Crippen LogP contribution in [0.3, 0.4) is 0 Å². The molecule has 1 aliphatic heterocycles. The quantitative estimate of drug-likeness (QED) is 0.0222. The van der Waals surface area contributed by atoms with E-state index in [4.69, 9.17) is 4.74 Å². The van der Waals surface area contributed by atoms with Crippen LogP contribution < -0.4 is 5.32 Å². The van der Waals surface area contributed by atoms with Gasteiger partial charge < -0.3 is 9.29 Å². The fourth-order valence-electron chi connectivity index (χ4n) is 6.86. The van der Waals surface area contributed by atoms with Gasteiger partial charge in [0.1, 0.15) is 13.1 Å². The maximum Gasteiger partial charge on any atom is 0.305 e. The van der Waals surface area contributed by atoms with Gasteiger partial charge in [-0.15, -0.1) is 0 Å². The highest BCUT2D eigenvalue weighted by molar-refractivity contribution is 7.80. The summed E-state index contributed by atoms with van der Waals surface area (Å²) < 4.78 is 39.4. The standard InChI is InChI=1S/C22H44N2.C20H40O2.C2H6O4S/c1-3-5-6-7-8-9-10-11-12-13-14-15-16-17-18-19-22-23-20-21-24(22)4-2;1-3-5-6-7-8-9-10-11-12-13-14-15-16-17-18-19-20(21)22-4-2;1-2-6-7(3,4)5/h3-21H2,1-2H3;3-19H2,1-2H3;2H2,1H3,(H,3,4,5). The third-order valence-corrected chi connectivity index (χ3v) is 10.6. The van der Waals surface area contributed by atoms with Crippen LogP contribution in [0.1, 0.15) is 240 Å². The van der Waals surface area contributed by atoms with Gasteiger partial charge in [-0.3, -0.25) is 18.9 Å². The number of nitrogens with one attached hydrogen (secondary N) is 1. The molecule has 1 aliphatic rings. The fraction of sp³-hybridized carbons (Fsp3) is 0.955. The Bertz CT molecular complexity index is 896. The summed E-state index contributed by atoms with van der Waals surface area (Å²) in [5.74, 6) is 1.48. The maximum absolute atomic E-state index is 11.2. The van der Waals surface area contributed by atoms with E-state index < -0.39 is 10.4 Å². The van der Waals surface area contributed by atoms with Gasteiger partial charge in [0.2, 0.25) is 16.2 Å². The van der Waals surface area contributed by atoms with Gasteiger partial charge in [0.25, 0.3) is 0 Å². The first-order valence-electron chi connectivity index (χ1n) is 22.9. The lowest BCUT2D eigenvalue weighted by Gasteiger charge is -2.04. The minimum absolute atomic E-state index is 0.0304. The average molecular weight is 775 g/mol. The van der Waals surface area contributed by atoms with Gasteiger partial charge in [-0.1, -0.05) is 194 Å². The summed E-state index contributed by atoms with van der Waals surface area (Å²) in [5, 5.41) is 3.55. The number of unbranched alkanes of at least 4 members (excludes halogenated alkanes) is 28. The molecule has 318 valence electrons. The van der Waals surface area contributed by atoms with Crippen LogP contribution in [0.25, 0.3) is 0 Å². The molecule has 0 aromatic heterocycles. The maximum atomic E-state index is 11.2. The molecule has 1 rings (SSSR count). The summed E-state index contributed by atoms with van der Waals surface area (Å²) in [6.45, 7) is 14.1. The first-order valence-corrected chi connectivity index (χ1v) is 24.2. The molecule has 0 aromatic carbocycles. The third kappa shape index (κ3) is 45.1. The lowest BCUT2D eigenvalue weighted by Crippen LogP contribution is -2.22. The molecular formula is C44H90N2O6S. The zero-order chi connectivity index (χ0) is 39.5. The van der Waals surface area contributed by atoms with E-state index in [9.17, 15) is 17.8 Å². The number of carbonyl (C=O) groups excluding carboxylic acids is 1. The Morgan fingerprint density at radius 2 is 0.925 bits per heavy atom. The highest BCUT2D eigenvalue weighted by Gasteiger charge is 2.18. The van der Waals surface area contributed by atoms with Crippen LogP contribution in [-0.4, -0.2) is 62.2 Å². The number of carbonyl (C=O) groups is 1. The Kier molecular flexibility index (Phi) is 44.3. The predicted octanol–water partition coefficient (Wildman–Crippen LogP) is 12.6. The minimum Gasteiger partial charge on any atom is -0.726 e. The largest absolute Gasteiger partial charge is 0.726 e. The molecular weight excluding hydrogens is 685 g/mol. The number of amidine groups is 1. The Balaban J connectivity index is 0. The summed E-state index contributed by atoms with van der Waals surface area (Å²) in [6, 6.07) is 0. The summed E-state index contributed by atoms with van der Waals surface area (Å²) in [5.41, 5.74) is 0. The number of nitrogens with zero attached hydrogens (tertiary/aromatic N) is 1. The van der Waals surface area contributed by atoms with Crippen molar-refractivity contribution in [1.82, 2.24) is 5.32 Å². The van der Waals surface area contributed by atoms with Crippen LogP contribution >= 0.6 is 0 Å². The number of ether oxygens (including phenoxy) is 1. The second-order valence-electron chi connectivity index (χ2n) is 15.0. The molecule has 1 heterocycles. The monoisotopic (exact) mass is 775 g/mol. The van der Waals surface area contributed by atoms with Crippen molar-refractivity contribution in [1.29, 1.82) is 0 Å². The topological polar surface area (TPSA) is 108 Å². The molecule has 0 atom stereocenters. The SMILES string of the molecule is CCCCCCCCCCCCCCCCCC(=O)OCC.CCCCCCCCCCCCCCCCCC1=[N+](CC)CCN1.CCOS(=O)(=O)[O-]. The van der Waals surface area contributed by atoms with E-state index in [1.165, 1.54) is 218 Å². The Morgan fingerprint density at radius 1 is 0.566 bits per heavy atom. The molecule has 1 N–H and O–H groups in total.